The normalized spacial score (nSPS) is 32.5. The third-order valence-electron chi connectivity index (χ3n) is 4.96. The van der Waals surface area contributed by atoms with E-state index in [2.05, 4.69) is 36.3 Å². The maximum atomic E-state index is 5.92. The van der Waals surface area contributed by atoms with Gasteiger partial charge in [0.25, 0.3) is 0 Å². The van der Waals surface area contributed by atoms with Crippen molar-refractivity contribution in [3.8, 4) is 0 Å². The predicted octanol–water partition coefficient (Wildman–Crippen LogP) is 1.59. The molecular weight excluding hydrogens is 419 g/mol. The molecule has 7 heteroatoms. The van der Waals surface area contributed by atoms with Gasteiger partial charge in [-0.2, -0.15) is 0 Å². The van der Waals surface area contributed by atoms with E-state index in [1.54, 1.807) is 0 Å². The van der Waals surface area contributed by atoms with E-state index >= 15 is 0 Å². The number of guanidine groups is 1. The summed E-state index contributed by atoms with van der Waals surface area (Å²) >= 11 is 0. The first-order valence-corrected chi connectivity index (χ1v) is 9.12. The van der Waals surface area contributed by atoms with E-state index in [-0.39, 0.29) is 29.6 Å². The van der Waals surface area contributed by atoms with Gasteiger partial charge >= 0.3 is 0 Å². The zero-order chi connectivity index (χ0) is 16.3. The highest BCUT2D eigenvalue weighted by Crippen LogP contribution is 2.34. The van der Waals surface area contributed by atoms with Crippen LogP contribution in [-0.4, -0.2) is 74.0 Å². The van der Waals surface area contributed by atoms with Crippen molar-refractivity contribution in [2.45, 2.75) is 63.9 Å². The molecule has 6 nitrogen and oxygen atoms in total. The number of fused-ring (bicyclic) bond motifs is 2. The molecule has 2 N–H and O–H groups in total. The molecule has 3 rings (SSSR count). The highest BCUT2D eigenvalue weighted by Gasteiger charge is 2.41. The first-order chi connectivity index (χ1) is 11.1. The maximum absolute atomic E-state index is 5.92. The van der Waals surface area contributed by atoms with Crippen LogP contribution >= 0.6 is 24.0 Å². The second kappa shape index (κ2) is 9.00. The van der Waals surface area contributed by atoms with Crippen LogP contribution in [0.1, 0.15) is 40.0 Å². The lowest BCUT2D eigenvalue weighted by Gasteiger charge is -2.37. The second-order valence-electron chi connectivity index (χ2n) is 7.51. The van der Waals surface area contributed by atoms with Crippen LogP contribution in [0.2, 0.25) is 0 Å². The van der Waals surface area contributed by atoms with Gasteiger partial charge in [-0.25, -0.2) is 0 Å². The van der Waals surface area contributed by atoms with Gasteiger partial charge in [-0.15, -0.1) is 24.0 Å². The lowest BCUT2D eigenvalue weighted by Crippen LogP contribution is -2.49. The second-order valence-corrected chi connectivity index (χ2v) is 7.51. The molecule has 0 aromatic heterocycles. The van der Waals surface area contributed by atoms with Crippen molar-refractivity contribution < 1.29 is 9.47 Å². The van der Waals surface area contributed by atoms with E-state index in [0.29, 0.717) is 18.2 Å². The Labute approximate surface area is 163 Å². The minimum atomic E-state index is -0.0366. The summed E-state index contributed by atoms with van der Waals surface area (Å²) in [4.78, 5) is 7.20. The van der Waals surface area contributed by atoms with Gasteiger partial charge in [-0.3, -0.25) is 9.89 Å². The quantitative estimate of drug-likeness (QED) is 0.377. The third-order valence-corrected chi connectivity index (χ3v) is 4.96. The Balaban J connectivity index is 0.00000208. The molecule has 0 spiro atoms. The van der Waals surface area contributed by atoms with Crippen LogP contribution < -0.4 is 10.6 Å². The first-order valence-electron chi connectivity index (χ1n) is 9.12. The Morgan fingerprint density at radius 1 is 1.33 bits per heavy atom. The summed E-state index contributed by atoms with van der Waals surface area (Å²) in [6.07, 6.45) is 4.38. The molecule has 0 aliphatic carbocycles. The Hall–Kier alpha value is -0.120. The average molecular weight is 452 g/mol. The number of aliphatic imine (C=N–C) groups is 1. The Morgan fingerprint density at radius 3 is 2.79 bits per heavy atom. The molecular formula is C17H33IN4O2. The Kier molecular flexibility index (Phi) is 7.58. The SMILES string of the molecule is CCNC(=NCCN1CCOC(C)(C)C1)NC1CC2CCC1O2.I. The summed E-state index contributed by atoms with van der Waals surface area (Å²) in [7, 11) is 0. The molecule has 140 valence electrons. The molecule has 3 saturated heterocycles. The highest BCUT2D eigenvalue weighted by atomic mass is 127. The van der Waals surface area contributed by atoms with E-state index in [9.17, 15) is 0 Å². The standard InChI is InChI=1S/C17H32N4O2.HI/c1-4-18-16(20-14-11-13-5-6-15(14)23-13)19-7-8-21-9-10-22-17(2,3)12-21;/h13-15H,4-12H2,1-3H3,(H2,18,19,20);1H. The van der Waals surface area contributed by atoms with E-state index < -0.39 is 0 Å². The zero-order valence-electron chi connectivity index (χ0n) is 15.2. The highest BCUT2D eigenvalue weighted by molar-refractivity contribution is 14.0. The number of hydrogen-bond donors (Lipinski definition) is 2. The largest absolute Gasteiger partial charge is 0.373 e. The van der Waals surface area contributed by atoms with Crippen molar-refractivity contribution in [3.63, 3.8) is 0 Å². The van der Waals surface area contributed by atoms with Crippen molar-refractivity contribution in [2.75, 3.05) is 39.3 Å². The van der Waals surface area contributed by atoms with Crippen LogP contribution in [0, 0.1) is 0 Å². The minimum Gasteiger partial charge on any atom is -0.373 e. The van der Waals surface area contributed by atoms with Crippen LogP contribution in [-0.2, 0) is 9.47 Å². The van der Waals surface area contributed by atoms with Crippen LogP contribution in [0.15, 0.2) is 4.99 Å². The van der Waals surface area contributed by atoms with Gasteiger partial charge in [0.15, 0.2) is 5.96 Å². The number of nitrogens with one attached hydrogen (secondary N) is 2. The molecule has 3 fully saturated rings. The summed E-state index contributed by atoms with van der Waals surface area (Å²) in [6.45, 7) is 11.9. The molecule has 24 heavy (non-hydrogen) atoms. The lowest BCUT2D eigenvalue weighted by molar-refractivity contribution is -0.0850. The zero-order valence-corrected chi connectivity index (χ0v) is 17.5. The molecule has 3 aliphatic rings. The molecule has 0 amide bonds. The van der Waals surface area contributed by atoms with Gasteiger partial charge < -0.3 is 20.1 Å². The fraction of sp³-hybridized carbons (Fsp3) is 0.941. The van der Waals surface area contributed by atoms with Crippen LogP contribution in [0.5, 0.6) is 0 Å². The molecule has 3 unspecified atom stereocenters. The molecule has 0 aromatic carbocycles. The van der Waals surface area contributed by atoms with Crippen molar-refractivity contribution in [1.29, 1.82) is 0 Å². The third kappa shape index (κ3) is 5.44. The van der Waals surface area contributed by atoms with Gasteiger partial charge in [0.1, 0.15) is 0 Å². The van der Waals surface area contributed by atoms with Crippen molar-refractivity contribution in [1.82, 2.24) is 15.5 Å². The van der Waals surface area contributed by atoms with Gasteiger partial charge in [-0.1, -0.05) is 0 Å². The van der Waals surface area contributed by atoms with Crippen LogP contribution in [0.4, 0.5) is 0 Å². The van der Waals surface area contributed by atoms with Crippen molar-refractivity contribution in [3.05, 3.63) is 0 Å². The van der Waals surface area contributed by atoms with E-state index in [0.717, 1.165) is 51.7 Å². The van der Waals surface area contributed by atoms with E-state index in [1.165, 1.54) is 12.8 Å². The maximum Gasteiger partial charge on any atom is 0.191 e. The summed E-state index contributed by atoms with van der Waals surface area (Å²) in [5.74, 6) is 0.932. The van der Waals surface area contributed by atoms with Crippen LogP contribution in [0.3, 0.4) is 0 Å². The molecule has 3 aliphatic heterocycles. The van der Waals surface area contributed by atoms with Crippen molar-refractivity contribution in [2.24, 2.45) is 4.99 Å². The predicted molar refractivity (Wildman–Crippen MR) is 107 cm³/mol. The smallest absolute Gasteiger partial charge is 0.191 e. The monoisotopic (exact) mass is 452 g/mol. The van der Waals surface area contributed by atoms with E-state index in [1.807, 2.05) is 0 Å². The van der Waals surface area contributed by atoms with Gasteiger partial charge in [0.05, 0.1) is 37.0 Å². The number of nitrogens with zero attached hydrogens (tertiary/aromatic N) is 2. The van der Waals surface area contributed by atoms with Crippen molar-refractivity contribution >= 4 is 29.9 Å². The Morgan fingerprint density at radius 2 is 2.17 bits per heavy atom. The average Bonchev–Trinajstić information content (AvgIpc) is 3.09. The molecule has 2 bridgehead atoms. The summed E-state index contributed by atoms with van der Waals surface area (Å²) in [6, 6.07) is 0.425. The fourth-order valence-corrected chi connectivity index (χ4v) is 3.89. The number of halogens is 1. The molecule has 0 radical (unpaired) electrons. The molecule has 3 atom stereocenters. The van der Waals surface area contributed by atoms with Crippen LogP contribution in [0.25, 0.3) is 0 Å². The lowest BCUT2D eigenvalue weighted by atomic mass is 9.96. The summed E-state index contributed by atoms with van der Waals surface area (Å²) in [5.41, 5.74) is -0.0366. The topological polar surface area (TPSA) is 58.1 Å². The fourth-order valence-electron chi connectivity index (χ4n) is 3.89. The number of hydrogen-bond acceptors (Lipinski definition) is 4. The van der Waals surface area contributed by atoms with Gasteiger partial charge in [0.2, 0.25) is 0 Å². The molecule has 0 saturated carbocycles. The minimum absolute atomic E-state index is 0. The number of morpholine rings is 1. The number of ether oxygens (including phenoxy) is 2. The molecule has 3 heterocycles. The summed E-state index contributed by atoms with van der Waals surface area (Å²) in [5, 5.41) is 6.94. The Bertz CT molecular complexity index is 433. The summed E-state index contributed by atoms with van der Waals surface area (Å²) < 4.78 is 11.7. The first kappa shape index (κ1) is 20.2. The number of rotatable bonds is 5. The molecule has 0 aromatic rings. The van der Waals surface area contributed by atoms with Gasteiger partial charge in [0, 0.05) is 26.2 Å². The van der Waals surface area contributed by atoms with E-state index in [4.69, 9.17) is 14.5 Å². The van der Waals surface area contributed by atoms with Gasteiger partial charge in [-0.05, 0) is 40.0 Å².